The van der Waals surface area contributed by atoms with Crippen LogP contribution in [0.15, 0.2) is 41.6 Å². The zero-order chi connectivity index (χ0) is 17.6. The summed E-state index contributed by atoms with van der Waals surface area (Å²) in [6, 6.07) is 10.1. The highest BCUT2D eigenvalue weighted by molar-refractivity contribution is 7.99. The van der Waals surface area contributed by atoms with E-state index in [1.165, 1.54) is 6.07 Å². The first-order chi connectivity index (χ1) is 12.2. The number of nitrogens with zero attached hydrogens (tertiary/aromatic N) is 3. The van der Waals surface area contributed by atoms with E-state index in [4.69, 9.17) is 4.74 Å². The molecule has 1 aliphatic rings. The third kappa shape index (κ3) is 4.22. The maximum Gasteiger partial charge on any atom is 0.225 e. The molecule has 0 saturated carbocycles. The molecular weight excluding hydrogens is 341 g/mol. The molecular formula is C18H20FN3O2S. The molecule has 25 heavy (non-hydrogen) atoms. The summed E-state index contributed by atoms with van der Waals surface area (Å²) in [6.07, 6.45) is 0. The Balaban J connectivity index is 1.85. The highest BCUT2D eigenvalue weighted by Crippen LogP contribution is 2.22. The van der Waals surface area contributed by atoms with Crippen molar-refractivity contribution >= 4 is 17.6 Å². The van der Waals surface area contributed by atoms with E-state index in [1.807, 2.05) is 35.7 Å². The van der Waals surface area contributed by atoms with E-state index >= 15 is 0 Å². The number of benzene rings is 1. The van der Waals surface area contributed by atoms with Gasteiger partial charge in [-0.15, -0.1) is 0 Å². The molecule has 1 aromatic heterocycles. The van der Waals surface area contributed by atoms with E-state index in [2.05, 4.69) is 10.1 Å². The molecule has 5 nitrogen and oxygen atoms in total. The fraction of sp³-hybridized carbons (Fsp3) is 0.333. The van der Waals surface area contributed by atoms with Gasteiger partial charge in [0.25, 0.3) is 0 Å². The number of ether oxygens (including phenoxy) is 1. The number of rotatable bonds is 4. The van der Waals surface area contributed by atoms with Crippen LogP contribution in [-0.2, 0) is 6.61 Å². The van der Waals surface area contributed by atoms with Crippen molar-refractivity contribution in [3.8, 4) is 5.88 Å². The van der Waals surface area contributed by atoms with E-state index in [1.54, 1.807) is 18.2 Å². The molecule has 2 aromatic rings. The van der Waals surface area contributed by atoms with Gasteiger partial charge in [-0.25, -0.2) is 9.37 Å². The fourth-order valence-electron chi connectivity index (χ4n) is 2.64. The lowest BCUT2D eigenvalue weighted by Crippen LogP contribution is -2.38. The number of hydrogen-bond acceptors (Lipinski definition) is 5. The van der Waals surface area contributed by atoms with E-state index in [-0.39, 0.29) is 12.4 Å². The summed E-state index contributed by atoms with van der Waals surface area (Å²) in [5, 5.41) is 13.0. The van der Waals surface area contributed by atoms with Crippen molar-refractivity contribution in [1.82, 2.24) is 9.88 Å². The number of oxime groups is 1. The lowest BCUT2D eigenvalue weighted by atomic mass is 10.2. The van der Waals surface area contributed by atoms with Crippen LogP contribution in [0, 0.1) is 12.7 Å². The van der Waals surface area contributed by atoms with E-state index in [0.29, 0.717) is 22.8 Å². The SMILES string of the molecule is Cc1ccc(/C(=N/O)N2CCSCC2)c(OCc2ccccc2F)n1. The van der Waals surface area contributed by atoms with Crippen molar-refractivity contribution in [2.24, 2.45) is 5.16 Å². The van der Waals surface area contributed by atoms with Crippen LogP contribution in [0.2, 0.25) is 0 Å². The van der Waals surface area contributed by atoms with Crippen LogP contribution in [0.4, 0.5) is 4.39 Å². The Kier molecular flexibility index (Phi) is 5.75. The molecule has 2 heterocycles. The molecule has 0 bridgehead atoms. The van der Waals surface area contributed by atoms with Crippen molar-refractivity contribution < 1.29 is 14.3 Å². The van der Waals surface area contributed by atoms with Gasteiger partial charge in [0, 0.05) is 35.9 Å². The summed E-state index contributed by atoms with van der Waals surface area (Å²) in [7, 11) is 0. The Bertz CT molecular complexity index is 764. The average molecular weight is 361 g/mol. The zero-order valence-corrected chi connectivity index (χ0v) is 14.8. The first-order valence-electron chi connectivity index (χ1n) is 8.08. The van der Waals surface area contributed by atoms with E-state index in [0.717, 1.165) is 30.3 Å². The van der Waals surface area contributed by atoms with Gasteiger partial charge in [-0.1, -0.05) is 23.4 Å². The normalized spacial score (nSPS) is 15.3. The minimum absolute atomic E-state index is 0.0602. The molecule has 0 atom stereocenters. The molecule has 132 valence electrons. The van der Waals surface area contributed by atoms with Crippen LogP contribution in [0.1, 0.15) is 16.8 Å². The van der Waals surface area contributed by atoms with Gasteiger partial charge >= 0.3 is 0 Å². The van der Waals surface area contributed by atoms with E-state index < -0.39 is 0 Å². The van der Waals surface area contributed by atoms with Gasteiger partial charge in [0.15, 0.2) is 5.84 Å². The first-order valence-corrected chi connectivity index (χ1v) is 9.23. The molecule has 0 aliphatic carbocycles. The summed E-state index contributed by atoms with van der Waals surface area (Å²) in [4.78, 5) is 6.43. The molecule has 3 rings (SSSR count). The number of pyridine rings is 1. The molecule has 1 aromatic carbocycles. The average Bonchev–Trinajstić information content (AvgIpc) is 2.64. The Morgan fingerprint density at radius 1 is 1.28 bits per heavy atom. The molecule has 1 fully saturated rings. The Hall–Kier alpha value is -2.28. The maximum absolute atomic E-state index is 13.8. The predicted octanol–water partition coefficient (Wildman–Crippen LogP) is 3.29. The van der Waals surface area contributed by atoms with Crippen molar-refractivity contribution in [2.45, 2.75) is 13.5 Å². The van der Waals surface area contributed by atoms with Crippen molar-refractivity contribution in [1.29, 1.82) is 0 Å². The highest BCUT2D eigenvalue weighted by atomic mass is 32.2. The van der Waals surface area contributed by atoms with Gasteiger partial charge in [-0.2, -0.15) is 11.8 Å². The van der Waals surface area contributed by atoms with Gasteiger partial charge in [-0.3, -0.25) is 0 Å². The van der Waals surface area contributed by atoms with Crippen molar-refractivity contribution in [3.05, 3.63) is 59.0 Å². The third-order valence-electron chi connectivity index (χ3n) is 3.97. The molecule has 1 N–H and O–H groups in total. The minimum Gasteiger partial charge on any atom is -0.472 e. The van der Waals surface area contributed by atoms with E-state index in [9.17, 15) is 9.60 Å². The molecule has 0 amide bonds. The molecule has 1 saturated heterocycles. The first kappa shape index (κ1) is 17.5. The Morgan fingerprint density at radius 3 is 2.76 bits per heavy atom. The van der Waals surface area contributed by atoms with Gasteiger partial charge in [-0.05, 0) is 25.1 Å². The summed E-state index contributed by atoms with van der Waals surface area (Å²) >= 11 is 1.87. The summed E-state index contributed by atoms with van der Waals surface area (Å²) in [5.41, 5.74) is 1.84. The summed E-state index contributed by atoms with van der Waals surface area (Å²) in [6.45, 7) is 3.51. The van der Waals surface area contributed by atoms with Gasteiger partial charge in [0.05, 0.1) is 5.56 Å². The second kappa shape index (κ2) is 8.20. The standard InChI is InChI=1S/C18H20FN3O2S/c1-13-6-7-15(17(21-23)22-8-10-25-11-9-22)18(20-13)24-12-14-4-2-3-5-16(14)19/h2-7,23H,8-12H2,1H3/b21-17-. The number of thioether (sulfide) groups is 1. The number of halogens is 1. The van der Waals surface area contributed by atoms with Crippen LogP contribution in [0.25, 0.3) is 0 Å². The summed E-state index contributed by atoms with van der Waals surface area (Å²) in [5.74, 6) is 2.42. The Labute approximate surface area is 150 Å². The second-order valence-corrected chi connectivity index (χ2v) is 6.93. The molecule has 7 heteroatoms. The highest BCUT2D eigenvalue weighted by Gasteiger charge is 2.22. The largest absolute Gasteiger partial charge is 0.472 e. The van der Waals surface area contributed by atoms with Gasteiger partial charge in [0.1, 0.15) is 12.4 Å². The third-order valence-corrected chi connectivity index (χ3v) is 4.91. The van der Waals surface area contributed by atoms with Crippen LogP contribution in [0.3, 0.4) is 0 Å². The maximum atomic E-state index is 13.8. The van der Waals surface area contributed by atoms with Crippen LogP contribution >= 0.6 is 11.8 Å². The van der Waals surface area contributed by atoms with Crippen molar-refractivity contribution in [2.75, 3.05) is 24.6 Å². The van der Waals surface area contributed by atoms with Crippen LogP contribution in [-0.4, -0.2) is 45.5 Å². The molecule has 1 aliphatic heterocycles. The molecule has 0 unspecified atom stereocenters. The summed E-state index contributed by atoms with van der Waals surface area (Å²) < 4.78 is 19.6. The fourth-order valence-corrected chi connectivity index (χ4v) is 3.54. The zero-order valence-electron chi connectivity index (χ0n) is 14.0. The van der Waals surface area contributed by atoms with Crippen LogP contribution < -0.4 is 4.74 Å². The molecule has 0 radical (unpaired) electrons. The number of hydrogen-bond donors (Lipinski definition) is 1. The smallest absolute Gasteiger partial charge is 0.225 e. The lowest BCUT2D eigenvalue weighted by Gasteiger charge is -2.29. The van der Waals surface area contributed by atoms with Crippen LogP contribution in [0.5, 0.6) is 5.88 Å². The number of aromatic nitrogens is 1. The predicted molar refractivity (Wildman–Crippen MR) is 96.9 cm³/mol. The van der Waals surface area contributed by atoms with Gasteiger partial charge < -0.3 is 14.8 Å². The minimum atomic E-state index is -0.319. The number of aryl methyl sites for hydroxylation is 1. The number of amidine groups is 1. The second-order valence-electron chi connectivity index (χ2n) is 5.71. The lowest BCUT2D eigenvalue weighted by molar-refractivity contribution is 0.282. The monoisotopic (exact) mass is 361 g/mol. The topological polar surface area (TPSA) is 58.0 Å². The van der Waals surface area contributed by atoms with Gasteiger partial charge in [0.2, 0.25) is 5.88 Å². The molecule has 0 spiro atoms. The Morgan fingerprint density at radius 2 is 2.04 bits per heavy atom. The quantitative estimate of drug-likeness (QED) is 0.392. The van der Waals surface area contributed by atoms with Crippen molar-refractivity contribution in [3.63, 3.8) is 0 Å².